The van der Waals surface area contributed by atoms with Crippen LogP contribution < -0.4 is 0 Å². The first-order chi connectivity index (χ1) is 11.6. The van der Waals surface area contributed by atoms with Gasteiger partial charge in [-0.2, -0.15) is 0 Å². The highest BCUT2D eigenvalue weighted by molar-refractivity contribution is 7.99. The Labute approximate surface area is 141 Å². The summed E-state index contributed by atoms with van der Waals surface area (Å²) in [6.07, 6.45) is 0. The van der Waals surface area contributed by atoms with E-state index in [0.29, 0.717) is 11.0 Å². The van der Waals surface area contributed by atoms with Crippen molar-refractivity contribution in [3.63, 3.8) is 0 Å². The van der Waals surface area contributed by atoms with Crippen LogP contribution in [0.2, 0.25) is 0 Å². The van der Waals surface area contributed by atoms with Gasteiger partial charge in [0, 0.05) is 12.6 Å². The molecule has 0 aliphatic heterocycles. The van der Waals surface area contributed by atoms with Crippen LogP contribution in [-0.2, 0) is 7.05 Å². The minimum atomic E-state index is -0.732. The Bertz CT molecular complexity index is 881. The number of carbonyl (C=O) groups excluding carboxylic acids is 1. The zero-order chi connectivity index (χ0) is 17.1. The molecule has 0 aliphatic carbocycles. The molecule has 3 aromatic rings. The van der Waals surface area contributed by atoms with Gasteiger partial charge in [0.1, 0.15) is 11.6 Å². The molecule has 1 aromatic heterocycles. The van der Waals surface area contributed by atoms with Crippen LogP contribution in [0.1, 0.15) is 10.4 Å². The van der Waals surface area contributed by atoms with Crippen molar-refractivity contribution in [3.05, 3.63) is 65.7 Å². The van der Waals surface area contributed by atoms with Crippen LogP contribution in [0.3, 0.4) is 0 Å². The maximum atomic E-state index is 13.6. The Morgan fingerprint density at radius 2 is 1.88 bits per heavy atom. The van der Waals surface area contributed by atoms with Crippen LogP contribution >= 0.6 is 11.8 Å². The van der Waals surface area contributed by atoms with Gasteiger partial charge in [0.25, 0.3) is 0 Å². The molecule has 122 valence electrons. The largest absolute Gasteiger partial charge is 0.305 e. The number of carbonyl (C=O) groups is 1. The average Bonchev–Trinajstić information content (AvgIpc) is 2.96. The molecule has 3 rings (SSSR count). The molecular weight excluding hydrogens is 332 g/mol. The maximum Gasteiger partial charge on any atom is 0.191 e. The average molecular weight is 345 g/mol. The Morgan fingerprint density at radius 3 is 2.62 bits per heavy atom. The highest BCUT2D eigenvalue weighted by Crippen LogP contribution is 2.23. The van der Waals surface area contributed by atoms with Crippen LogP contribution in [0.5, 0.6) is 0 Å². The number of hydrogen-bond acceptors (Lipinski definition) is 4. The number of aromatic nitrogens is 3. The predicted molar refractivity (Wildman–Crippen MR) is 87.9 cm³/mol. The summed E-state index contributed by atoms with van der Waals surface area (Å²) in [4.78, 5) is 12.1. The summed E-state index contributed by atoms with van der Waals surface area (Å²) in [5.41, 5.74) is 0.648. The third kappa shape index (κ3) is 3.35. The van der Waals surface area contributed by atoms with Crippen molar-refractivity contribution in [2.45, 2.75) is 5.16 Å². The molecule has 0 spiro atoms. The Hall–Kier alpha value is -2.54. The lowest BCUT2D eigenvalue weighted by molar-refractivity contribution is 0.101. The second-order valence-electron chi connectivity index (χ2n) is 5.07. The van der Waals surface area contributed by atoms with Gasteiger partial charge in [-0.05, 0) is 18.2 Å². The third-order valence-electron chi connectivity index (χ3n) is 3.43. The van der Waals surface area contributed by atoms with E-state index in [1.54, 1.807) is 11.6 Å². The molecule has 0 atom stereocenters. The lowest BCUT2D eigenvalue weighted by Crippen LogP contribution is -2.07. The quantitative estimate of drug-likeness (QED) is 0.522. The fourth-order valence-corrected chi connectivity index (χ4v) is 2.99. The molecule has 7 heteroatoms. The standard InChI is InChI=1S/C17H13F2N3OS/c1-22-16(11-5-3-2-4-6-11)20-21-17(22)24-10-15(23)13-9-12(18)7-8-14(13)19/h2-9H,10H2,1H3. The Kier molecular flexibility index (Phi) is 4.71. The number of benzene rings is 2. The first kappa shape index (κ1) is 16.3. The predicted octanol–water partition coefficient (Wildman–Crippen LogP) is 3.74. The van der Waals surface area contributed by atoms with Crippen LogP contribution in [-0.4, -0.2) is 26.3 Å². The summed E-state index contributed by atoms with van der Waals surface area (Å²) < 4.78 is 28.6. The smallest absolute Gasteiger partial charge is 0.191 e. The highest BCUT2D eigenvalue weighted by atomic mass is 32.2. The molecule has 4 nitrogen and oxygen atoms in total. The van der Waals surface area contributed by atoms with E-state index in [1.807, 2.05) is 30.3 Å². The van der Waals surface area contributed by atoms with E-state index < -0.39 is 17.4 Å². The van der Waals surface area contributed by atoms with Gasteiger partial charge in [0.15, 0.2) is 16.8 Å². The number of rotatable bonds is 5. The Balaban J connectivity index is 1.75. The number of thioether (sulfide) groups is 1. The molecule has 24 heavy (non-hydrogen) atoms. The first-order valence-corrected chi connectivity index (χ1v) is 8.10. The van der Waals surface area contributed by atoms with E-state index in [-0.39, 0.29) is 11.3 Å². The van der Waals surface area contributed by atoms with Gasteiger partial charge in [-0.3, -0.25) is 4.79 Å². The number of ketones is 1. The van der Waals surface area contributed by atoms with E-state index in [1.165, 1.54) is 0 Å². The molecule has 0 radical (unpaired) electrons. The van der Waals surface area contributed by atoms with Crippen molar-refractivity contribution < 1.29 is 13.6 Å². The molecule has 0 amide bonds. The minimum absolute atomic E-state index is 0.0544. The minimum Gasteiger partial charge on any atom is -0.305 e. The van der Waals surface area contributed by atoms with Gasteiger partial charge in [0.2, 0.25) is 0 Å². The SMILES string of the molecule is Cn1c(SCC(=O)c2cc(F)ccc2F)nnc1-c1ccccc1. The molecular formula is C17H13F2N3OS. The highest BCUT2D eigenvalue weighted by Gasteiger charge is 2.16. The third-order valence-corrected chi connectivity index (χ3v) is 4.45. The van der Waals surface area contributed by atoms with E-state index in [2.05, 4.69) is 10.2 Å². The fraction of sp³-hybridized carbons (Fsp3) is 0.118. The monoisotopic (exact) mass is 345 g/mol. The number of halogens is 2. The molecule has 0 unspecified atom stereocenters. The summed E-state index contributed by atoms with van der Waals surface area (Å²) >= 11 is 1.13. The zero-order valence-electron chi connectivity index (χ0n) is 12.7. The molecule has 2 aromatic carbocycles. The van der Waals surface area contributed by atoms with Gasteiger partial charge < -0.3 is 4.57 Å². The van der Waals surface area contributed by atoms with Gasteiger partial charge >= 0.3 is 0 Å². The molecule has 0 bridgehead atoms. The summed E-state index contributed by atoms with van der Waals surface area (Å²) in [5.74, 6) is -1.26. The molecule has 0 saturated carbocycles. The van der Waals surface area contributed by atoms with Gasteiger partial charge in [-0.1, -0.05) is 42.1 Å². The number of nitrogens with zero attached hydrogens (tertiary/aromatic N) is 3. The molecule has 0 saturated heterocycles. The second-order valence-corrected chi connectivity index (χ2v) is 6.01. The van der Waals surface area contributed by atoms with E-state index in [4.69, 9.17) is 0 Å². The molecule has 1 heterocycles. The summed E-state index contributed by atoms with van der Waals surface area (Å²) in [5, 5.41) is 8.70. The fourth-order valence-electron chi connectivity index (χ4n) is 2.20. The van der Waals surface area contributed by atoms with Crippen LogP contribution in [0.25, 0.3) is 11.4 Å². The number of hydrogen-bond donors (Lipinski definition) is 0. The zero-order valence-corrected chi connectivity index (χ0v) is 13.6. The van der Waals surface area contributed by atoms with Crippen LogP contribution in [0.4, 0.5) is 8.78 Å². The van der Waals surface area contributed by atoms with Crippen molar-refractivity contribution in [2.24, 2.45) is 7.05 Å². The topological polar surface area (TPSA) is 47.8 Å². The van der Waals surface area contributed by atoms with Crippen molar-refractivity contribution >= 4 is 17.5 Å². The van der Waals surface area contributed by atoms with Crippen LogP contribution in [0.15, 0.2) is 53.7 Å². The van der Waals surface area contributed by atoms with Gasteiger partial charge in [-0.25, -0.2) is 8.78 Å². The molecule has 0 fully saturated rings. The van der Waals surface area contributed by atoms with Crippen molar-refractivity contribution in [2.75, 3.05) is 5.75 Å². The Morgan fingerprint density at radius 1 is 1.12 bits per heavy atom. The lowest BCUT2D eigenvalue weighted by Gasteiger charge is -2.04. The van der Waals surface area contributed by atoms with E-state index in [0.717, 1.165) is 35.5 Å². The van der Waals surface area contributed by atoms with Gasteiger partial charge in [-0.15, -0.1) is 10.2 Å². The number of Topliss-reactive ketones (excluding diaryl/α,β-unsaturated/α-hetero) is 1. The second kappa shape index (κ2) is 6.92. The summed E-state index contributed by atoms with van der Waals surface area (Å²) in [6.45, 7) is 0. The maximum absolute atomic E-state index is 13.6. The van der Waals surface area contributed by atoms with E-state index >= 15 is 0 Å². The summed E-state index contributed by atoms with van der Waals surface area (Å²) in [7, 11) is 1.79. The normalized spacial score (nSPS) is 10.8. The van der Waals surface area contributed by atoms with Crippen molar-refractivity contribution in [1.29, 1.82) is 0 Å². The summed E-state index contributed by atoms with van der Waals surface area (Å²) in [6, 6.07) is 12.3. The van der Waals surface area contributed by atoms with Crippen LogP contribution in [0, 0.1) is 11.6 Å². The van der Waals surface area contributed by atoms with E-state index in [9.17, 15) is 13.6 Å². The first-order valence-electron chi connectivity index (χ1n) is 7.12. The molecule has 0 aliphatic rings. The van der Waals surface area contributed by atoms with Crippen molar-refractivity contribution in [1.82, 2.24) is 14.8 Å². The lowest BCUT2D eigenvalue weighted by atomic mass is 10.1. The molecule has 0 N–H and O–H groups in total. The van der Waals surface area contributed by atoms with Crippen molar-refractivity contribution in [3.8, 4) is 11.4 Å². The van der Waals surface area contributed by atoms with Gasteiger partial charge in [0.05, 0.1) is 11.3 Å².